The molecule has 5 heteroatoms. The van der Waals surface area contributed by atoms with Gasteiger partial charge in [-0.2, -0.15) is 0 Å². The van der Waals surface area contributed by atoms with Crippen LogP contribution in [-0.2, 0) is 6.54 Å². The number of aromatic amines is 1. The molecule has 0 fully saturated rings. The maximum Gasteiger partial charge on any atom is 0.141 e. The third-order valence-corrected chi connectivity index (χ3v) is 3.28. The van der Waals surface area contributed by atoms with E-state index < -0.39 is 0 Å². The smallest absolute Gasteiger partial charge is 0.141 e. The lowest BCUT2D eigenvalue weighted by atomic mass is 10.1. The average Bonchev–Trinajstić information content (AvgIpc) is 2.91. The molecule has 0 saturated heterocycles. The number of rotatable bonds is 4. The van der Waals surface area contributed by atoms with Crippen LogP contribution in [0.15, 0.2) is 36.8 Å². The van der Waals surface area contributed by atoms with Gasteiger partial charge in [0.15, 0.2) is 0 Å². The Balaban J connectivity index is 2.27. The number of hydrogen-bond donors (Lipinski definition) is 2. The Bertz CT molecular complexity index is 736. The van der Waals surface area contributed by atoms with E-state index in [1.807, 2.05) is 37.5 Å². The van der Waals surface area contributed by atoms with Gasteiger partial charge in [0.1, 0.15) is 17.7 Å². The van der Waals surface area contributed by atoms with E-state index in [1.165, 1.54) is 0 Å². The molecule has 2 heterocycles. The van der Waals surface area contributed by atoms with E-state index in [-0.39, 0.29) is 0 Å². The minimum Gasteiger partial charge on any atom is -0.496 e. The molecule has 2 N–H and O–H groups in total. The minimum atomic E-state index is 0.759. The van der Waals surface area contributed by atoms with Gasteiger partial charge in [0, 0.05) is 23.7 Å². The molecule has 0 saturated carbocycles. The second kappa shape index (κ2) is 5.30. The van der Waals surface area contributed by atoms with E-state index in [4.69, 9.17) is 4.74 Å². The number of methoxy groups -OCH3 is 1. The van der Waals surface area contributed by atoms with Gasteiger partial charge in [-0.05, 0) is 24.7 Å². The average molecular weight is 268 g/mol. The summed E-state index contributed by atoms with van der Waals surface area (Å²) < 4.78 is 5.44. The van der Waals surface area contributed by atoms with E-state index in [9.17, 15) is 0 Å². The lowest BCUT2D eigenvalue weighted by Gasteiger charge is -2.09. The fourth-order valence-corrected chi connectivity index (χ4v) is 2.40. The third kappa shape index (κ3) is 2.02. The first-order valence-electron chi connectivity index (χ1n) is 6.44. The van der Waals surface area contributed by atoms with Crippen LogP contribution in [0.3, 0.4) is 0 Å². The monoisotopic (exact) mass is 268 g/mol. The predicted molar refractivity (Wildman–Crippen MR) is 78.6 cm³/mol. The Morgan fingerprint density at radius 1 is 1.25 bits per heavy atom. The molecular weight excluding hydrogens is 252 g/mol. The van der Waals surface area contributed by atoms with Crippen molar-refractivity contribution in [1.29, 1.82) is 0 Å². The molecule has 1 aromatic carbocycles. The number of hydrogen-bond acceptors (Lipinski definition) is 4. The summed E-state index contributed by atoms with van der Waals surface area (Å²) >= 11 is 0. The summed E-state index contributed by atoms with van der Waals surface area (Å²) in [4.78, 5) is 11.9. The second-order valence-corrected chi connectivity index (χ2v) is 4.49. The Kier molecular flexibility index (Phi) is 3.35. The highest BCUT2D eigenvalue weighted by molar-refractivity contribution is 5.94. The fraction of sp³-hybridized carbons (Fsp3) is 0.200. The zero-order valence-electron chi connectivity index (χ0n) is 11.5. The molecule has 0 aliphatic rings. The lowest BCUT2D eigenvalue weighted by molar-refractivity contribution is 0.416. The van der Waals surface area contributed by atoms with Crippen molar-refractivity contribution in [2.75, 3.05) is 14.2 Å². The molecule has 0 aliphatic heterocycles. The van der Waals surface area contributed by atoms with E-state index in [2.05, 4.69) is 20.3 Å². The van der Waals surface area contributed by atoms with Crippen molar-refractivity contribution >= 4 is 11.0 Å². The number of aromatic nitrogens is 3. The van der Waals surface area contributed by atoms with Crippen molar-refractivity contribution < 1.29 is 4.74 Å². The summed E-state index contributed by atoms with van der Waals surface area (Å²) in [6.45, 7) is 0.759. The molecule has 0 atom stereocenters. The predicted octanol–water partition coefficient (Wildman–Crippen LogP) is 2.35. The van der Waals surface area contributed by atoms with Crippen molar-refractivity contribution in [3.63, 3.8) is 0 Å². The molecule has 20 heavy (non-hydrogen) atoms. The molecule has 102 valence electrons. The molecule has 5 nitrogen and oxygen atoms in total. The summed E-state index contributed by atoms with van der Waals surface area (Å²) in [5.41, 5.74) is 3.84. The summed E-state index contributed by atoms with van der Waals surface area (Å²) in [6, 6.07) is 7.88. The van der Waals surface area contributed by atoms with Gasteiger partial charge >= 0.3 is 0 Å². The fourth-order valence-electron chi connectivity index (χ4n) is 2.40. The van der Waals surface area contributed by atoms with Gasteiger partial charge in [-0.25, -0.2) is 9.97 Å². The van der Waals surface area contributed by atoms with Gasteiger partial charge < -0.3 is 15.0 Å². The van der Waals surface area contributed by atoms with Gasteiger partial charge in [-0.1, -0.05) is 12.1 Å². The van der Waals surface area contributed by atoms with E-state index in [1.54, 1.807) is 13.4 Å². The van der Waals surface area contributed by atoms with Crippen molar-refractivity contribution in [3.05, 3.63) is 42.4 Å². The van der Waals surface area contributed by atoms with Crippen LogP contribution in [0.1, 0.15) is 5.56 Å². The van der Waals surface area contributed by atoms with Crippen LogP contribution in [0.5, 0.6) is 5.75 Å². The zero-order valence-corrected chi connectivity index (χ0v) is 11.5. The molecule has 0 unspecified atom stereocenters. The molecule has 0 radical (unpaired) electrons. The molecular formula is C15H16N4O. The second-order valence-electron chi connectivity index (χ2n) is 4.49. The highest BCUT2D eigenvalue weighted by Gasteiger charge is 2.14. The van der Waals surface area contributed by atoms with Crippen LogP contribution in [0.2, 0.25) is 0 Å². The SMILES string of the molecule is CNCc1c[nH]c2ncnc(-c3ccccc3OC)c12. The van der Waals surface area contributed by atoms with E-state index >= 15 is 0 Å². The van der Waals surface area contributed by atoms with Gasteiger partial charge in [0.25, 0.3) is 0 Å². The first kappa shape index (κ1) is 12.6. The molecule has 0 amide bonds. The minimum absolute atomic E-state index is 0.759. The first-order valence-corrected chi connectivity index (χ1v) is 6.44. The highest BCUT2D eigenvalue weighted by Crippen LogP contribution is 2.33. The number of ether oxygens (including phenoxy) is 1. The lowest BCUT2D eigenvalue weighted by Crippen LogP contribution is -2.04. The van der Waals surface area contributed by atoms with E-state index in [0.717, 1.165) is 40.1 Å². The normalized spacial score (nSPS) is 10.9. The molecule has 3 rings (SSSR count). The summed E-state index contributed by atoms with van der Waals surface area (Å²) in [5, 5.41) is 4.20. The van der Waals surface area contributed by atoms with Crippen LogP contribution in [0, 0.1) is 0 Å². The Morgan fingerprint density at radius 2 is 2.10 bits per heavy atom. The van der Waals surface area contributed by atoms with Gasteiger partial charge in [0.2, 0.25) is 0 Å². The zero-order chi connectivity index (χ0) is 13.9. The van der Waals surface area contributed by atoms with Crippen molar-refractivity contribution in [2.24, 2.45) is 0 Å². The summed E-state index contributed by atoms with van der Waals surface area (Å²) in [7, 11) is 3.59. The van der Waals surface area contributed by atoms with Crippen molar-refractivity contribution in [3.8, 4) is 17.0 Å². The third-order valence-electron chi connectivity index (χ3n) is 3.28. The van der Waals surface area contributed by atoms with Gasteiger partial charge in [-0.15, -0.1) is 0 Å². The first-order chi connectivity index (χ1) is 9.85. The van der Waals surface area contributed by atoms with Crippen LogP contribution < -0.4 is 10.1 Å². The molecule has 0 spiro atoms. The largest absolute Gasteiger partial charge is 0.496 e. The van der Waals surface area contributed by atoms with Crippen LogP contribution in [-0.4, -0.2) is 29.1 Å². The van der Waals surface area contributed by atoms with E-state index in [0.29, 0.717) is 0 Å². The summed E-state index contributed by atoms with van der Waals surface area (Å²) in [6.07, 6.45) is 3.54. The van der Waals surface area contributed by atoms with Crippen molar-refractivity contribution in [1.82, 2.24) is 20.3 Å². The maximum atomic E-state index is 5.44. The maximum absolute atomic E-state index is 5.44. The quantitative estimate of drug-likeness (QED) is 0.762. The number of nitrogens with one attached hydrogen (secondary N) is 2. The highest BCUT2D eigenvalue weighted by atomic mass is 16.5. The Labute approximate surface area is 117 Å². The molecule has 0 aliphatic carbocycles. The number of benzene rings is 1. The molecule has 3 aromatic rings. The number of fused-ring (bicyclic) bond motifs is 1. The standard InChI is InChI=1S/C15H16N4O/c1-16-7-10-8-17-15-13(10)14(18-9-19-15)11-5-3-4-6-12(11)20-2/h3-6,8-9,16H,7H2,1-2H3,(H,17,18,19). The number of nitrogens with zero attached hydrogens (tertiary/aromatic N) is 2. The van der Waals surface area contributed by atoms with Crippen LogP contribution in [0.25, 0.3) is 22.3 Å². The van der Waals surface area contributed by atoms with Crippen molar-refractivity contribution in [2.45, 2.75) is 6.54 Å². The van der Waals surface area contributed by atoms with Crippen LogP contribution >= 0.6 is 0 Å². The number of H-pyrrole nitrogens is 1. The van der Waals surface area contributed by atoms with Gasteiger partial charge in [-0.3, -0.25) is 0 Å². The van der Waals surface area contributed by atoms with Crippen LogP contribution in [0.4, 0.5) is 0 Å². The van der Waals surface area contributed by atoms with Gasteiger partial charge in [0.05, 0.1) is 12.8 Å². The molecule has 0 bridgehead atoms. The Morgan fingerprint density at radius 3 is 2.90 bits per heavy atom. The summed E-state index contributed by atoms with van der Waals surface area (Å²) in [5.74, 6) is 0.809. The topological polar surface area (TPSA) is 62.8 Å². The Hall–Kier alpha value is -2.40. The number of para-hydroxylation sites is 1. The molecule has 2 aromatic heterocycles.